The Hall–Kier alpha value is -3.15. The maximum atomic E-state index is 12.3. The molecule has 0 aliphatic heterocycles. The Kier molecular flexibility index (Phi) is 6.20. The van der Waals surface area contributed by atoms with E-state index in [0.717, 1.165) is 22.6 Å². The summed E-state index contributed by atoms with van der Waals surface area (Å²) in [5.41, 5.74) is 2.85. The average molecular weight is 365 g/mol. The summed E-state index contributed by atoms with van der Waals surface area (Å²) in [5.74, 6) is 1.23. The molecule has 0 unspecified atom stereocenters. The van der Waals surface area contributed by atoms with E-state index in [1.165, 1.54) is 6.20 Å². The van der Waals surface area contributed by atoms with Crippen LogP contribution in [0.3, 0.4) is 0 Å². The summed E-state index contributed by atoms with van der Waals surface area (Å²) in [4.78, 5) is 21.0. The minimum Gasteiger partial charge on any atom is -0.490 e. The number of hydrogen-bond acceptors (Lipinski definition) is 5. The van der Waals surface area contributed by atoms with Crippen molar-refractivity contribution >= 4 is 16.9 Å². The van der Waals surface area contributed by atoms with Crippen LogP contribution in [0.4, 0.5) is 0 Å². The third kappa shape index (κ3) is 4.73. The van der Waals surface area contributed by atoms with Crippen LogP contribution >= 0.6 is 0 Å². The zero-order valence-electron chi connectivity index (χ0n) is 15.6. The molecule has 0 saturated carbocycles. The Balaban J connectivity index is 1.61. The number of carbonyl (C=O) groups excluding carboxylic acids is 1. The van der Waals surface area contributed by atoms with Gasteiger partial charge in [-0.05, 0) is 50.1 Å². The van der Waals surface area contributed by atoms with Gasteiger partial charge in [0, 0.05) is 6.54 Å². The van der Waals surface area contributed by atoms with Crippen molar-refractivity contribution in [1.29, 1.82) is 0 Å². The first-order valence-electron chi connectivity index (χ1n) is 9.09. The highest BCUT2D eigenvalue weighted by molar-refractivity contribution is 5.93. The molecular formula is C21H23N3O3. The van der Waals surface area contributed by atoms with Crippen LogP contribution in [-0.4, -0.2) is 35.6 Å². The van der Waals surface area contributed by atoms with Crippen LogP contribution in [-0.2, 0) is 6.42 Å². The van der Waals surface area contributed by atoms with Gasteiger partial charge in [-0.2, -0.15) is 0 Å². The van der Waals surface area contributed by atoms with E-state index in [2.05, 4.69) is 15.3 Å². The molecule has 3 rings (SSSR count). The fourth-order valence-electron chi connectivity index (χ4n) is 2.73. The fraction of sp³-hybridized carbons (Fsp3) is 0.286. The van der Waals surface area contributed by atoms with Crippen LogP contribution in [0.25, 0.3) is 11.0 Å². The molecule has 0 aliphatic carbocycles. The van der Waals surface area contributed by atoms with Gasteiger partial charge < -0.3 is 14.8 Å². The van der Waals surface area contributed by atoms with E-state index < -0.39 is 0 Å². The second-order valence-electron chi connectivity index (χ2n) is 5.90. The molecular weight excluding hydrogens is 342 g/mol. The Labute approximate surface area is 158 Å². The van der Waals surface area contributed by atoms with Gasteiger partial charge in [-0.1, -0.05) is 18.2 Å². The second kappa shape index (κ2) is 8.98. The average Bonchev–Trinajstić information content (AvgIpc) is 2.69. The molecule has 0 atom stereocenters. The molecule has 0 saturated heterocycles. The van der Waals surface area contributed by atoms with Gasteiger partial charge >= 0.3 is 0 Å². The number of benzene rings is 2. The minimum absolute atomic E-state index is 0.232. The number of fused-ring (bicyclic) bond motifs is 1. The fourth-order valence-corrected chi connectivity index (χ4v) is 2.73. The van der Waals surface area contributed by atoms with Crippen molar-refractivity contribution in [3.63, 3.8) is 0 Å². The first-order valence-corrected chi connectivity index (χ1v) is 9.09. The van der Waals surface area contributed by atoms with Gasteiger partial charge in [0.1, 0.15) is 5.69 Å². The standard InChI is InChI=1S/C21H23N3O3/c1-3-26-19-10-9-15(13-20(19)27-4-2)11-12-22-21(25)18-14-23-16-7-5-6-8-17(16)24-18/h5-10,13-14H,3-4,11-12H2,1-2H3,(H,22,25). The predicted octanol–water partition coefficient (Wildman–Crippen LogP) is 3.40. The number of aromatic nitrogens is 2. The number of nitrogens with one attached hydrogen (secondary N) is 1. The molecule has 1 aromatic heterocycles. The SMILES string of the molecule is CCOc1ccc(CCNC(=O)c2cnc3ccccc3n2)cc1OCC. The molecule has 1 amide bonds. The van der Waals surface area contributed by atoms with Crippen molar-refractivity contribution in [3.05, 3.63) is 59.9 Å². The van der Waals surface area contributed by atoms with Gasteiger partial charge in [0.25, 0.3) is 5.91 Å². The number of amides is 1. The van der Waals surface area contributed by atoms with Gasteiger partial charge in [0.2, 0.25) is 0 Å². The Morgan fingerprint density at radius 1 is 1.00 bits per heavy atom. The molecule has 0 spiro atoms. The molecule has 27 heavy (non-hydrogen) atoms. The molecule has 0 radical (unpaired) electrons. The predicted molar refractivity (Wildman–Crippen MR) is 104 cm³/mol. The van der Waals surface area contributed by atoms with Crippen molar-refractivity contribution in [2.75, 3.05) is 19.8 Å². The van der Waals surface area contributed by atoms with Gasteiger partial charge in [-0.15, -0.1) is 0 Å². The molecule has 0 bridgehead atoms. The van der Waals surface area contributed by atoms with E-state index in [4.69, 9.17) is 9.47 Å². The van der Waals surface area contributed by atoms with Crippen LogP contribution in [0.2, 0.25) is 0 Å². The van der Waals surface area contributed by atoms with Crippen molar-refractivity contribution in [2.24, 2.45) is 0 Å². The lowest BCUT2D eigenvalue weighted by molar-refractivity contribution is 0.0949. The highest BCUT2D eigenvalue weighted by atomic mass is 16.5. The topological polar surface area (TPSA) is 73.3 Å². The van der Waals surface area contributed by atoms with Crippen LogP contribution < -0.4 is 14.8 Å². The zero-order valence-corrected chi connectivity index (χ0v) is 15.6. The Morgan fingerprint density at radius 3 is 2.52 bits per heavy atom. The number of carbonyl (C=O) groups is 1. The van der Waals surface area contributed by atoms with Crippen molar-refractivity contribution in [1.82, 2.24) is 15.3 Å². The van der Waals surface area contributed by atoms with Crippen LogP contribution in [0.5, 0.6) is 11.5 Å². The molecule has 2 aromatic carbocycles. The van der Waals surface area contributed by atoms with Crippen molar-refractivity contribution in [3.8, 4) is 11.5 Å². The molecule has 6 heteroatoms. The maximum absolute atomic E-state index is 12.3. The summed E-state index contributed by atoms with van der Waals surface area (Å²) < 4.78 is 11.2. The normalized spacial score (nSPS) is 10.6. The van der Waals surface area contributed by atoms with Crippen LogP contribution in [0.1, 0.15) is 29.9 Å². The highest BCUT2D eigenvalue weighted by Gasteiger charge is 2.10. The number of hydrogen-bond donors (Lipinski definition) is 1. The van der Waals surface area contributed by atoms with Crippen LogP contribution in [0.15, 0.2) is 48.7 Å². The van der Waals surface area contributed by atoms with E-state index in [9.17, 15) is 4.79 Å². The lowest BCUT2D eigenvalue weighted by Crippen LogP contribution is -2.26. The first-order chi connectivity index (χ1) is 13.2. The van der Waals surface area contributed by atoms with Gasteiger partial charge in [0.15, 0.2) is 11.5 Å². The second-order valence-corrected chi connectivity index (χ2v) is 5.90. The van der Waals surface area contributed by atoms with E-state index in [-0.39, 0.29) is 5.91 Å². The molecule has 1 N–H and O–H groups in total. The van der Waals surface area contributed by atoms with Gasteiger partial charge in [0.05, 0.1) is 30.4 Å². The summed E-state index contributed by atoms with van der Waals surface area (Å²) in [6.07, 6.45) is 2.18. The smallest absolute Gasteiger partial charge is 0.271 e. The zero-order chi connectivity index (χ0) is 19.1. The third-order valence-electron chi connectivity index (χ3n) is 3.99. The van der Waals surface area contributed by atoms with Crippen molar-refractivity contribution in [2.45, 2.75) is 20.3 Å². The number of ether oxygens (including phenoxy) is 2. The Morgan fingerprint density at radius 2 is 1.74 bits per heavy atom. The molecule has 0 fully saturated rings. The molecule has 140 valence electrons. The molecule has 0 aliphatic rings. The summed E-state index contributed by atoms with van der Waals surface area (Å²) >= 11 is 0. The minimum atomic E-state index is -0.232. The van der Waals surface area contributed by atoms with E-state index in [1.54, 1.807) is 0 Å². The highest BCUT2D eigenvalue weighted by Crippen LogP contribution is 2.28. The van der Waals surface area contributed by atoms with Crippen molar-refractivity contribution < 1.29 is 14.3 Å². The largest absolute Gasteiger partial charge is 0.490 e. The number of para-hydroxylation sites is 2. The summed E-state index contributed by atoms with van der Waals surface area (Å²) in [6.45, 7) is 5.53. The first kappa shape index (κ1) is 18.6. The van der Waals surface area contributed by atoms with E-state index in [0.29, 0.717) is 37.4 Å². The van der Waals surface area contributed by atoms with Gasteiger partial charge in [-0.3, -0.25) is 9.78 Å². The summed E-state index contributed by atoms with van der Waals surface area (Å²) in [7, 11) is 0. The molecule has 6 nitrogen and oxygen atoms in total. The number of rotatable bonds is 8. The summed E-state index contributed by atoms with van der Waals surface area (Å²) in [5, 5.41) is 2.89. The molecule has 1 heterocycles. The van der Waals surface area contributed by atoms with Gasteiger partial charge in [-0.25, -0.2) is 4.98 Å². The van der Waals surface area contributed by atoms with E-state index in [1.807, 2.05) is 56.3 Å². The molecule has 3 aromatic rings. The number of nitrogens with zero attached hydrogens (tertiary/aromatic N) is 2. The van der Waals surface area contributed by atoms with Crippen LogP contribution in [0, 0.1) is 0 Å². The maximum Gasteiger partial charge on any atom is 0.271 e. The van der Waals surface area contributed by atoms with E-state index >= 15 is 0 Å². The third-order valence-corrected chi connectivity index (χ3v) is 3.99. The quantitative estimate of drug-likeness (QED) is 0.662. The lowest BCUT2D eigenvalue weighted by atomic mass is 10.1. The Bertz CT molecular complexity index is 927. The lowest BCUT2D eigenvalue weighted by Gasteiger charge is -2.12. The monoisotopic (exact) mass is 365 g/mol. The summed E-state index contributed by atoms with van der Waals surface area (Å²) in [6, 6.07) is 13.3.